The Labute approximate surface area is 158 Å². The van der Waals surface area contributed by atoms with Crippen molar-refractivity contribution < 1.29 is 14.7 Å². The van der Waals surface area contributed by atoms with Gasteiger partial charge in [-0.05, 0) is 37.7 Å². The van der Waals surface area contributed by atoms with Gasteiger partial charge in [0.05, 0.1) is 5.92 Å². The summed E-state index contributed by atoms with van der Waals surface area (Å²) in [7, 11) is 0. The Morgan fingerprint density at radius 1 is 1.22 bits per heavy atom. The van der Waals surface area contributed by atoms with E-state index in [0.717, 1.165) is 37.9 Å². The van der Waals surface area contributed by atoms with Crippen LogP contribution in [0.1, 0.15) is 50.1 Å². The highest BCUT2D eigenvalue weighted by Crippen LogP contribution is 2.46. The Hall–Kier alpha value is -2.18. The van der Waals surface area contributed by atoms with E-state index in [0.29, 0.717) is 37.4 Å². The molecular formula is C20H26N4O3. The molecule has 0 bridgehead atoms. The first-order valence-corrected chi connectivity index (χ1v) is 10.2. The number of fused-ring (bicyclic) bond motifs is 1. The van der Waals surface area contributed by atoms with Crippen LogP contribution in [-0.4, -0.2) is 58.0 Å². The third-order valence-electron chi connectivity index (χ3n) is 6.95. The van der Waals surface area contributed by atoms with Crippen molar-refractivity contribution in [1.82, 2.24) is 14.9 Å². The van der Waals surface area contributed by atoms with Gasteiger partial charge in [-0.3, -0.25) is 9.59 Å². The fourth-order valence-corrected chi connectivity index (χ4v) is 5.19. The number of hydrogen-bond donors (Lipinski definition) is 1. The van der Waals surface area contributed by atoms with Crippen molar-refractivity contribution in [3.8, 4) is 0 Å². The molecule has 4 fully saturated rings. The third-order valence-corrected chi connectivity index (χ3v) is 6.95. The largest absolute Gasteiger partial charge is 0.481 e. The molecule has 1 aromatic heterocycles. The minimum absolute atomic E-state index is 0.00116. The summed E-state index contributed by atoms with van der Waals surface area (Å²) < 4.78 is 0. The molecule has 7 nitrogen and oxygen atoms in total. The molecule has 2 saturated carbocycles. The van der Waals surface area contributed by atoms with E-state index >= 15 is 0 Å². The topological polar surface area (TPSA) is 86.6 Å². The fraction of sp³-hybridized carbons (Fsp3) is 0.700. The number of hydrogen-bond acceptors (Lipinski definition) is 5. The number of carbonyl (C=O) groups is 2. The summed E-state index contributed by atoms with van der Waals surface area (Å²) in [5.41, 5.74) is 0.0271. The summed E-state index contributed by atoms with van der Waals surface area (Å²) in [6.07, 6.45) is 8.88. The van der Waals surface area contributed by atoms with Crippen LogP contribution in [0.25, 0.3) is 0 Å². The smallest absolute Gasteiger partial charge is 0.314 e. The van der Waals surface area contributed by atoms with E-state index in [9.17, 15) is 14.7 Å². The maximum Gasteiger partial charge on any atom is 0.314 e. The first kappa shape index (κ1) is 17.0. The van der Waals surface area contributed by atoms with Crippen LogP contribution >= 0.6 is 0 Å². The van der Waals surface area contributed by atoms with Crippen molar-refractivity contribution in [2.24, 2.45) is 17.3 Å². The predicted octanol–water partition coefficient (Wildman–Crippen LogP) is 1.89. The van der Waals surface area contributed by atoms with Crippen molar-refractivity contribution in [1.29, 1.82) is 0 Å². The molecule has 2 saturated heterocycles. The van der Waals surface area contributed by atoms with Crippen LogP contribution in [0.4, 0.5) is 5.95 Å². The predicted molar refractivity (Wildman–Crippen MR) is 98.3 cm³/mol. The number of aromatic nitrogens is 2. The zero-order valence-electron chi connectivity index (χ0n) is 15.5. The summed E-state index contributed by atoms with van der Waals surface area (Å²) in [5, 5.41) is 10.0. The van der Waals surface area contributed by atoms with Crippen molar-refractivity contribution >= 4 is 17.8 Å². The van der Waals surface area contributed by atoms with Gasteiger partial charge < -0.3 is 14.9 Å². The molecule has 0 radical (unpaired) electrons. The van der Waals surface area contributed by atoms with Gasteiger partial charge in [0.15, 0.2) is 0 Å². The van der Waals surface area contributed by atoms with E-state index in [2.05, 4.69) is 4.98 Å². The van der Waals surface area contributed by atoms with E-state index in [1.807, 2.05) is 11.0 Å². The van der Waals surface area contributed by atoms with Gasteiger partial charge in [-0.15, -0.1) is 0 Å². The summed E-state index contributed by atoms with van der Waals surface area (Å²) in [4.78, 5) is 38.0. The maximum atomic E-state index is 12.9. The molecule has 1 amide bonds. The molecule has 1 N–H and O–H groups in total. The second-order valence-corrected chi connectivity index (χ2v) is 8.82. The number of carboxylic acids is 1. The average Bonchev–Trinajstić information content (AvgIpc) is 3.09. The number of nitrogens with zero attached hydrogens (tertiary/aromatic N) is 4. The number of anilines is 1. The quantitative estimate of drug-likeness (QED) is 0.852. The molecule has 0 aromatic carbocycles. The van der Waals surface area contributed by atoms with Crippen LogP contribution in [0, 0.1) is 17.3 Å². The van der Waals surface area contributed by atoms with Crippen molar-refractivity contribution in [2.45, 2.75) is 44.4 Å². The molecule has 144 valence electrons. The Morgan fingerprint density at radius 2 is 2.00 bits per heavy atom. The molecule has 2 atom stereocenters. The number of amides is 1. The number of likely N-dealkylation sites (tertiary alicyclic amines) is 1. The van der Waals surface area contributed by atoms with Crippen LogP contribution in [-0.2, 0) is 9.59 Å². The Morgan fingerprint density at radius 3 is 2.67 bits per heavy atom. The monoisotopic (exact) mass is 370 g/mol. The highest BCUT2D eigenvalue weighted by molar-refractivity contribution is 5.93. The first-order valence-electron chi connectivity index (χ1n) is 10.2. The highest BCUT2D eigenvalue weighted by Gasteiger charge is 2.62. The average molecular weight is 370 g/mol. The lowest BCUT2D eigenvalue weighted by Gasteiger charge is -2.25. The zero-order valence-corrected chi connectivity index (χ0v) is 15.5. The normalized spacial score (nSPS) is 31.0. The highest BCUT2D eigenvalue weighted by atomic mass is 16.4. The summed E-state index contributed by atoms with van der Waals surface area (Å²) in [5.74, 6) is 0.273. The molecule has 7 heteroatoms. The van der Waals surface area contributed by atoms with E-state index in [1.54, 1.807) is 11.1 Å². The second kappa shape index (κ2) is 6.17. The molecule has 4 aliphatic rings. The van der Waals surface area contributed by atoms with Gasteiger partial charge >= 0.3 is 5.97 Å². The molecule has 5 rings (SSSR count). The minimum atomic E-state index is -1.03. The maximum absolute atomic E-state index is 12.9. The van der Waals surface area contributed by atoms with Crippen molar-refractivity contribution in [2.75, 3.05) is 31.1 Å². The number of aliphatic carboxylic acids is 1. The molecule has 0 spiro atoms. The molecular weight excluding hydrogens is 344 g/mol. The Balaban J connectivity index is 1.39. The zero-order chi connectivity index (χ0) is 18.6. The Bertz CT molecular complexity index is 774. The molecule has 27 heavy (non-hydrogen) atoms. The number of rotatable bonds is 5. The van der Waals surface area contributed by atoms with E-state index < -0.39 is 17.3 Å². The summed E-state index contributed by atoms with van der Waals surface area (Å²) in [6, 6.07) is 1.98. The fourth-order valence-electron chi connectivity index (χ4n) is 5.19. The van der Waals surface area contributed by atoms with Gasteiger partial charge in [-0.25, -0.2) is 9.97 Å². The third kappa shape index (κ3) is 2.78. The van der Waals surface area contributed by atoms with Gasteiger partial charge in [-0.1, -0.05) is 12.8 Å². The standard InChI is InChI=1S/C20H26N4O3/c25-17-15-10-24(19-21-8-7-16(22-19)14-3-1-2-4-14)12-20(15,18(26)27)11-23(17)9-13-5-6-13/h7-8,13-15H,1-6,9-12H2,(H,26,27)/t15-,20+/m1/s1. The molecule has 0 unspecified atom stereocenters. The molecule has 1 aromatic rings. The minimum Gasteiger partial charge on any atom is -0.481 e. The van der Waals surface area contributed by atoms with Gasteiger partial charge in [0.25, 0.3) is 0 Å². The van der Waals surface area contributed by atoms with Crippen LogP contribution in [0.15, 0.2) is 12.3 Å². The number of carbonyl (C=O) groups excluding carboxylic acids is 1. The lowest BCUT2D eigenvalue weighted by atomic mass is 9.81. The molecule has 3 heterocycles. The molecule has 2 aliphatic heterocycles. The van der Waals surface area contributed by atoms with Gasteiger partial charge in [0, 0.05) is 44.0 Å². The number of carboxylic acid groups (broad SMARTS) is 1. The summed E-state index contributed by atoms with van der Waals surface area (Å²) in [6.45, 7) is 1.76. The lowest BCUT2D eigenvalue weighted by Crippen LogP contribution is -2.41. The van der Waals surface area contributed by atoms with Crippen LogP contribution in [0.2, 0.25) is 0 Å². The van der Waals surface area contributed by atoms with Crippen LogP contribution in [0.3, 0.4) is 0 Å². The Kier molecular flexibility index (Phi) is 3.88. The van der Waals surface area contributed by atoms with Gasteiger partial charge in [-0.2, -0.15) is 0 Å². The summed E-state index contributed by atoms with van der Waals surface area (Å²) >= 11 is 0. The second-order valence-electron chi connectivity index (χ2n) is 8.82. The van der Waals surface area contributed by atoms with E-state index in [1.165, 1.54) is 12.8 Å². The van der Waals surface area contributed by atoms with Crippen molar-refractivity contribution in [3.05, 3.63) is 18.0 Å². The van der Waals surface area contributed by atoms with E-state index in [4.69, 9.17) is 4.98 Å². The lowest BCUT2D eigenvalue weighted by molar-refractivity contribution is -0.149. The van der Waals surface area contributed by atoms with Crippen LogP contribution in [0.5, 0.6) is 0 Å². The molecule has 2 aliphatic carbocycles. The van der Waals surface area contributed by atoms with E-state index in [-0.39, 0.29) is 5.91 Å². The van der Waals surface area contributed by atoms with Gasteiger partial charge in [0.2, 0.25) is 11.9 Å². The SMILES string of the molecule is O=C1[C@H]2CN(c3nccc(C4CCCC4)n3)C[C@@]2(C(=O)O)CN1CC1CC1. The van der Waals surface area contributed by atoms with Crippen LogP contribution < -0.4 is 4.90 Å². The van der Waals surface area contributed by atoms with Crippen molar-refractivity contribution in [3.63, 3.8) is 0 Å². The first-order chi connectivity index (χ1) is 13.1. The van der Waals surface area contributed by atoms with Gasteiger partial charge in [0.1, 0.15) is 5.41 Å².